The largest absolute Gasteiger partial charge is 0.494 e. The Labute approximate surface area is 179 Å². The van der Waals surface area contributed by atoms with Gasteiger partial charge in [-0.1, -0.05) is 43.0 Å². The van der Waals surface area contributed by atoms with Crippen molar-refractivity contribution in [2.24, 2.45) is 0 Å². The number of rotatable bonds is 8. The van der Waals surface area contributed by atoms with E-state index in [1.807, 2.05) is 48.5 Å². The van der Waals surface area contributed by atoms with E-state index in [1.165, 1.54) is 6.42 Å². The second-order valence-corrected chi connectivity index (χ2v) is 8.57. The summed E-state index contributed by atoms with van der Waals surface area (Å²) in [5.41, 5.74) is 1.37. The minimum Gasteiger partial charge on any atom is -0.494 e. The van der Waals surface area contributed by atoms with Crippen LogP contribution in [0.1, 0.15) is 44.1 Å². The molecule has 1 N–H and O–H groups in total. The van der Waals surface area contributed by atoms with Gasteiger partial charge in [0.2, 0.25) is 5.91 Å². The topological polar surface area (TPSA) is 41.6 Å². The lowest BCUT2D eigenvalue weighted by atomic mass is 9.68. The Kier molecular flexibility index (Phi) is 7.57. The Morgan fingerprint density at radius 1 is 1.03 bits per heavy atom. The molecule has 0 spiro atoms. The van der Waals surface area contributed by atoms with Crippen LogP contribution >= 0.6 is 11.6 Å². The van der Waals surface area contributed by atoms with E-state index >= 15 is 0 Å². The van der Waals surface area contributed by atoms with E-state index < -0.39 is 5.41 Å². The summed E-state index contributed by atoms with van der Waals surface area (Å²) < 4.78 is 5.78. The molecule has 0 aliphatic heterocycles. The van der Waals surface area contributed by atoms with Crippen molar-refractivity contribution in [1.82, 2.24) is 4.90 Å². The van der Waals surface area contributed by atoms with Crippen LogP contribution in [0.4, 0.5) is 5.69 Å². The highest BCUT2D eigenvalue weighted by Crippen LogP contribution is 2.41. The number of halogens is 1. The van der Waals surface area contributed by atoms with Gasteiger partial charge in [0, 0.05) is 17.3 Å². The molecule has 5 heteroatoms. The standard InChI is InChI=1S/C24H31ClN2O2/c1-27(2)17-6-18-29-22-13-11-21(12-14-22)26-23(28)24(15-4-3-5-16-24)19-7-9-20(25)10-8-19/h7-14H,3-6,15-18H2,1-2H3,(H,26,28). The van der Waals surface area contributed by atoms with Crippen LogP contribution < -0.4 is 10.1 Å². The third-order valence-corrected chi connectivity index (χ3v) is 5.92. The Morgan fingerprint density at radius 3 is 2.31 bits per heavy atom. The first kappa shape index (κ1) is 21.7. The predicted molar refractivity (Wildman–Crippen MR) is 120 cm³/mol. The minimum atomic E-state index is -0.482. The molecule has 0 heterocycles. The van der Waals surface area contributed by atoms with Crippen LogP contribution in [0.2, 0.25) is 5.02 Å². The van der Waals surface area contributed by atoms with Crippen LogP contribution in [-0.2, 0) is 10.2 Å². The second kappa shape index (κ2) is 10.1. The molecule has 0 aromatic heterocycles. The van der Waals surface area contributed by atoms with Crippen LogP contribution in [0.3, 0.4) is 0 Å². The highest BCUT2D eigenvalue weighted by Gasteiger charge is 2.41. The molecule has 0 saturated heterocycles. The van der Waals surface area contributed by atoms with Crippen LogP contribution in [0.15, 0.2) is 48.5 Å². The summed E-state index contributed by atoms with van der Waals surface area (Å²) in [6.45, 7) is 1.69. The molecular formula is C24H31ClN2O2. The van der Waals surface area contributed by atoms with Crippen LogP contribution in [0.5, 0.6) is 5.75 Å². The molecule has 4 nitrogen and oxygen atoms in total. The van der Waals surface area contributed by atoms with Gasteiger partial charge in [-0.2, -0.15) is 0 Å². The average molecular weight is 415 g/mol. The van der Waals surface area contributed by atoms with Crippen molar-refractivity contribution in [3.05, 3.63) is 59.1 Å². The van der Waals surface area contributed by atoms with E-state index in [4.69, 9.17) is 16.3 Å². The Morgan fingerprint density at radius 2 is 1.69 bits per heavy atom. The molecule has 156 valence electrons. The van der Waals surface area contributed by atoms with Gasteiger partial charge in [-0.3, -0.25) is 4.79 Å². The van der Waals surface area contributed by atoms with Crippen molar-refractivity contribution in [2.45, 2.75) is 43.9 Å². The highest BCUT2D eigenvalue weighted by atomic mass is 35.5. The molecule has 29 heavy (non-hydrogen) atoms. The molecule has 0 atom stereocenters. The normalized spacial score (nSPS) is 15.9. The number of nitrogens with zero attached hydrogens (tertiary/aromatic N) is 1. The molecule has 1 amide bonds. The Balaban J connectivity index is 1.66. The number of hydrogen-bond donors (Lipinski definition) is 1. The molecule has 1 aliphatic carbocycles. The summed E-state index contributed by atoms with van der Waals surface area (Å²) in [5.74, 6) is 0.894. The Hall–Kier alpha value is -2.04. The lowest BCUT2D eigenvalue weighted by molar-refractivity contribution is -0.122. The minimum absolute atomic E-state index is 0.0687. The predicted octanol–water partition coefficient (Wildman–Crippen LogP) is 5.51. The van der Waals surface area contributed by atoms with Crippen LogP contribution in [-0.4, -0.2) is 38.1 Å². The van der Waals surface area contributed by atoms with Gasteiger partial charge in [-0.05, 0) is 75.3 Å². The van der Waals surface area contributed by atoms with Gasteiger partial charge >= 0.3 is 0 Å². The van der Waals surface area contributed by atoms with E-state index in [1.54, 1.807) is 0 Å². The van der Waals surface area contributed by atoms with Crippen molar-refractivity contribution in [3.63, 3.8) is 0 Å². The van der Waals surface area contributed by atoms with E-state index in [-0.39, 0.29) is 5.91 Å². The quantitative estimate of drug-likeness (QED) is 0.579. The smallest absolute Gasteiger partial charge is 0.235 e. The lowest BCUT2D eigenvalue weighted by Crippen LogP contribution is -2.42. The van der Waals surface area contributed by atoms with Gasteiger partial charge in [-0.25, -0.2) is 0 Å². The molecule has 0 unspecified atom stereocenters. The van der Waals surface area contributed by atoms with Gasteiger partial charge in [0.05, 0.1) is 12.0 Å². The fraction of sp³-hybridized carbons (Fsp3) is 0.458. The number of hydrogen-bond acceptors (Lipinski definition) is 3. The number of amides is 1. The van der Waals surface area contributed by atoms with Crippen molar-refractivity contribution < 1.29 is 9.53 Å². The highest BCUT2D eigenvalue weighted by molar-refractivity contribution is 6.30. The fourth-order valence-corrected chi connectivity index (χ4v) is 4.15. The van der Waals surface area contributed by atoms with Gasteiger partial charge in [0.1, 0.15) is 5.75 Å². The fourth-order valence-electron chi connectivity index (χ4n) is 4.03. The van der Waals surface area contributed by atoms with E-state index in [0.29, 0.717) is 11.6 Å². The zero-order chi connectivity index (χ0) is 20.7. The van der Waals surface area contributed by atoms with Gasteiger partial charge < -0.3 is 15.0 Å². The summed E-state index contributed by atoms with van der Waals surface area (Å²) in [6.07, 6.45) is 6.03. The van der Waals surface area contributed by atoms with Crippen LogP contribution in [0, 0.1) is 0 Å². The lowest BCUT2D eigenvalue weighted by Gasteiger charge is -2.36. The first-order valence-electron chi connectivity index (χ1n) is 10.4. The molecule has 1 fully saturated rings. The van der Waals surface area contributed by atoms with Crippen molar-refractivity contribution in [3.8, 4) is 5.75 Å². The number of carbonyl (C=O) groups excluding carboxylic acids is 1. The second-order valence-electron chi connectivity index (χ2n) is 8.13. The molecule has 3 rings (SSSR count). The summed E-state index contributed by atoms with van der Waals surface area (Å²) in [5, 5.41) is 3.84. The third-order valence-electron chi connectivity index (χ3n) is 5.67. The van der Waals surface area contributed by atoms with Gasteiger partial charge in [0.15, 0.2) is 0 Å². The molecule has 2 aromatic rings. The molecular weight excluding hydrogens is 384 g/mol. The summed E-state index contributed by atoms with van der Waals surface area (Å²) in [6, 6.07) is 15.4. The van der Waals surface area contributed by atoms with Crippen molar-refractivity contribution in [2.75, 3.05) is 32.6 Å². The number of anilines is 1. The number of benzene rings is 2. The average Bonchev–Trinajstić information content (AvgIpc) is 2.73. The SMILES string of the molecule is CN(C)CCCOc1ccc(NC(=O)C2(c3ccc(Cl)cc3)CCCCC2)cc1. The first-order chi connectivity index (χ1) is 14.0. The number of ether oxygens (including phenoxy) is 1. The molecule has 1 aliphatic rings. The zero-order valence-electron chi connectivity index (χ0n) is 17.4. The van der Waals surface area contributed by atoms with E-state index in [2.05, 4.69) is 24.3 Å². The van der Waals surface area contributed by atoms with Crippen LogP contribution in [0.25, 0.3) is 0 Å². The zero-order valence-corrected chi connectivity index (χ0v) is 18.2. The molecule has 0 bridgehead atoms. The third kappa shape index (κ3) is 5.74. The van der Waals surface area contributed by atoms with Gasteiger partial charge in [-0.15, -0.1) is 0 Å². The first-order valence-corrected chi connectivity index (χ1v) is 10.8. The molecule has 0 radical (unpaired) electrons. The maximum absolute atomic E-state index is 13.4. The van der Waals surface area contributed by atoms with Gasteiger partial charge in [0.25, 0.3) is 0 Å². The molecule has 1 saturated carbocycles. The van der Waals surface area contributed by atoms with E-state index in [9.17, 15) is 4.79 Å². The summed E-state index contributed by atoms with van der Waals surface area (Å²) in [7, 11) is 4.11. The summed E-state index contributed by atoms with van der Waals surface area (Å²) in [4.78, 5) is 15.5. The summed E-state index contributed by atoms with van der Waals surface area (Å²) >= 11 is 6.07. The maximum atomic E-state index is 13.4. The van der Waals surface area contributed by atoms with E-state index in [0.717, 1.165) is 55.6 Å². The Bertz CT molecular complexity index is 782. The number of carbonyl (C=O) groups is 1. The maximum Gasteiger partial charge on any atom is 0.235 e. The number of nitrogens with one attached hydrogen (secondary N) is 1. The molecule has 2 aromatic carbocycles. The van der Waals surface area contributed by atoms with Crippen molar-refractivity contribution in [1.29, 1.82) is 0 Å². The monoisotopic (exact) mass is 414 g/mol. The van der Waals surface area contributed by atoms with Crippen molar-refractivity contribution >= 4 is 23.2 Å².